The summed E-state index contributed by atoms with van der Waals surface area (Å²) in [6, 6.07) is 16.8. The van der Waals surface area contributed by atoms with Crippen molar-refractivity contribution in [2.24, 2.45) is 10.2 Å². The van der Waals surface area contributed by atoms with Gasteiger partial charge in [-0.1, -0.05) is 30.3 Å². The van der Waals surface area contributed by atoms with Crippen LogP contribution in [0, 0.1) is 0 Å². The number of para-hydroxylation sites is 1. The first-order valence-corrected chi connectivity index (χ1v) is 9.10. The molecular formula is C20H15N3O3S. The number of azo groups is 1. The molecule has 2 aromatic heterocycles. The quantitative estimate of drug-likeness (QED) is 0.353. The van der Waals surface area contributed by atoms with Crippen molar-refractivity contribution in [2.45, 2.75) is 6.54 Å². The van der Waals surface area contributed by atoms with E-state index in [9.17, 15) is 4.79 Å². The van der Waals surface area contributed by atoms with Crippen LogP contribution in [0.1, 0.15) is 5.56 Å². The molecule has 0 saturated heterocycles. The van der Waals surface area contributed by atoms with Crippen molar-refractivity contribution in [2.75, 3.05) is 7.11 Å². The lowest BCUT2D eigenvalue weighted by atomic mass is 10.1. The predicted molar refractivity (Wildman–Crippen MR) is 105 cm³/mol. The third-order valence-corrected chi connectivity index (χ3v) is 4.68. The summed E-state index contributed by atoms with van der Waals surface area (Å²) in [7, 11) is 1.63. The Morgan fingerprint density at radius 2 is 2.04 bits per heavy atom. The van der Waals surface area contributed by atoms with Gasteiger partial charge in [-0.15, -0.1) is 16.5 Å². The summed E-state index contributed by atoms with van der Waals surface area (Å²) in [5, 5.41) is 11.5. The zero-order valence-corrected chi connectivity index (χ0v) is 15.3. The fourth-order valence-electron chi connectivity index (χ4n) is 2.62. The minimum atomic E-state index is -0.418. The van der Waals surface area contributed by atoms with Gasteiger partial charge in [0.25, 0.3) is 0 Å². The molecule has 4 aromatic rings. The SMILES string of the molecule is COc1cccc(CN=Nc2nc(-c3cc4ccccc4oc3=O)cs2)c1. The number of methoxy groups -OCH3 is 1. The summed E-state index contributed by atoms with van der Waals surface area (Å²) in [5.41, 5.74) is 2.08. The molecule has 0 aliphatic heterocycles. The molecule has 2 heterocycles. The zero-order valence-electron chi connectivity index (χ0n) is 14.5. The molecule has 0 atom stereocenters. The highest BCUT2D eigenvalue weighted by molar-refractivity contribution is 7.13. The number of fused-ring (bicyclic) bond motifs is 1. The van der Waals surface area contributed by atoms with E-state index in [1.807, 2.05) is 42.5 Å². The number of rotatable bonds is 5. The standard InChI is InChI=1S/C20H15N3O3S/c1-25-15-7-4-5-13(9-15)11-21-23-20-22-17(12-27-20)16-10-14-6-2-3-8-18(14)26-19(16)24/h2-10,12H,11H2,1H3. The number of aromatic nitrogens is 1. The number of thiazole rings is 1. The lowest BCUT2D eigenvalue weighted by Gasteiger charge is -2.00. The van der Waals surface area contributed by atoms with Gasteiger partial charge < -0.3 is 9.15 Å². The Morgan fingerprint density at radius 1 is 1.15 bits per heavy atom. The molecule has 2 aromatic carbocycles. The van der Waals surface area contributed by atoms with Crippen LogP contribution in [0.2, 0.25) is 0 Å². The minimum absolute atomic E-state index is 0.416. The first kappa shape index (κ1) is 17.1. The second-order valence-corrected chi connectivity index (χ2v) is 6.59. The molecule has 27 heavy (non-hydrogen) atoms. The molecule has 0 fully saturated rings. The Balaban J connectivity index is 1.55. The Morgan fingerprint density at radius 3 is 2.93 bits per heavy atom. The number of hydrogen-bond acceptors (Lipinski definition) is 7. The van der Waals surface area contributed by atoms with Crippen molar-refractivity contribution in [1.82, 2.24) is 4.98 Å². The smallest absolute Gasteiger partial charge is 0.345 e. The fourth-order valence-corrected chi connectivity index (χ4v) is 3.28. The van der Waals surface area contributed by atoms with Gasteiger partial charge in [-0.25, -0.2) is 9.78 Å². The van der Waals surface area contributed by atoms with Gasteiger partial charge in [0.05, 0.1) is 24.9 Å². The van der Waals surface area contributed by atoms with E-state index in [-0.39, 0.29) is 0 Å². The summed E-state index contributed by atoms with van der Waals surface area (Å²) in [5.74, 6) is 0.780. The summed E-state index contributed by atoms with van der Waals surface area (Å²) in [6.45, 7) is 0.421. The van der Waals surface area contributed by atoms with Crippen LogP contribution >= 0.6 is 11.3 Å². The van der Waals surface area contributed by atoms with Crippen LogP contribution in [0.4, 0.5) is 5.13 Å². The number of benzene rings is 2. The molecule has 0 radical (unpaired) electrons. The molecule has 0 N–H and O–H groups in total. The van der Waals surface area contributed by atoms with Gasteiger partial charge in [0, 0.05) is 10.8 Å². The highest BCUT2D eigenvalue weighted by Gasteiger charge is 2.11. The average molecular weight is 377 g/mol. The molecule has 0 aliphatic carbocycles. The van der Waals surface area contributed by atoms with Gasteiger partial charge in [0.15, 0.2) is 0 Å². The fraction of sp³-hybridized carbons (Fsp3) is 0.100. The van der Waals surface area contributed by atoms with Crippen LogP contribution < -0.4 is 10.4 Å². The van der Waals surface area contributed by atoms with E-state index in [2.05, 4.69) is 15.2 Å². The maximum atomic E-state index is 12.2. The molecule has 7 heteroatoms. The first-order valence-electron chi connectivity index (χ1n) is 8.22. The third-order valence-electron chi connectivity index (χ3n) is 3.95. The molecule has 0 unspecified atom stereocenters. The maximum absolute atomic E-state index is 12.2. The first-order chi connectivity index (χ1) is 13.2. The molecule has 0 aliphatic rings. The van der Waals surface area contributed by atoms with Crippen LogP contribution in [-0.2, 0) is 6.54 Å². The van der Waals surface area contributed by atoms with E-state index in [1.165, 1.54) is 11.3 Å². The van der Waals surface area contributed by atoms with Crippen LogP contribution in [0.15, 0.2) is 79.4 Å². The minimum Gasteiger partial charge on any atom is -0.497 e. The largest absolute Gasteiger partial charge is 0.497 e. The van der Waals surface area contributed by atoms with Crippen molar-refractivity contribution >= 4 is 27.4 Å². The third kappa shape index (κ3) is 3.78. The van der Waals surface area contributed by atoms with Crippen LogP contribution in [0.25, 0.3) is 22.2 Å². The zero-order chi connectivity index (χ0) is 18.6. The maximum Gasteiger partial charge on any atom is 0.345 e. The number of hydrogen-bond donors (Lipinski definition) is 0. The highest BCUT2D eigenvalue weighted by Crippen LogP contribution is 2.27. The predicted octanol–water partition coefficient (Wildman–Crippen LogP) is 5.21. The van der Waals surface area contributed by atoms with Crippen molar-refractivity contribution < 1.29 is 9.15 Å². The molecule has 4 rings (SSSR count). The van der Waals surface area contributed by atoms with Crippen molar-refractivity contribution in [3.8, 4) is 17.0 Å². The van der Waals surface area contributed by atoms with Gasteiger partial charge in [-0.2, -0.15) is 5.11 Å². The summed E-state index contributed by atoms with van der Waals surface area (Å²) in [4.78, 5) is 16.6. The van der Waals surface area contributed by atoms with E-state index < -0.39 is 5.63 Å². The second kappa shape index (κ2) is 7.51. The molecule has 0 bridgehead atoms. The Kier molecular flexibility index (Phi) is 4.76. The van der Waals surface area contributed by atoms with Gasteiger partial charge in [-0.05, 0) is 29.8 Å². The molecule has 0 saturated carbocycles. The van der Waals surface area contributed by atoms with E-state index >= 15 is 0 Å². The number of nitrogens with zero attached hydrogens (tertiary/aromatic N) is 3. The molecule has 0 amide bonds. The van der Waals surface area contributed by atoms with Gasteiger partial charge in [0.2, 0.25) is 5.13 Å². The lowest BCUT2D eigenvalue weighted by molar-refractivity contribution is 0.414. The highest BCUT2D eigenvalue weighted by atomic mass is 32.1. The normalized spacial score (nSPS) is 11.3. The summed E-state index contributed by atoms with van der Waals surface area (Å²) >= 11 is 1.32. The van der Waals surface area contributed by atoms with Crippen LogP contribution in [-0.4, -0.2) is 12.1 Å². The Labute approximate surface area is 158 Å². The molecule has 0 spiro atoms. The number of ether oxygens (including phenoxy) is 1. The summed E-state index contributed by atoms with van der Waals surface area (Å²) in [6.07, 6.45) is 0. The van der Waals surface area contributed by atoms with Crippen molar-refractivity contribution in [1.29, 1.82) is 0 Å². The van der Waals surface area contributed by atoms with Crippen molar-refractivity contribution in [3.63, 3.8) is 0 Å². The molecule has 6 nitrogen and oxygen atoms in total. The topological polar surface area (TPSA) is 77.1 Å². The van der Waals surface area contributed by atoms with Crippen molar-refractivity contribution in [3.05, 3.63) is 76.0 Å². The molecule has 134 valence electrons. The van der Waals surface area contributed by atoms with E-state index in [1.54, 1.807) is 24.6 Å². The Hall–Kier alpha value is -3.32. The lowest BCUT2D eigenvalue weighted by Crippen LogP contribution is -2.02. The Bertz CT molecular complexity index is 1180. The van der Waals surface area contributed by atoms with Gasteiger partial charge in [0.1, 0.15) is 11.3 Å². The van der Waals surface area contributed by atoms with Gasteiger partial charge >= 0.3 is 5.63 Å². The van der Waals surface area contributed by atoms with E-state index in [0.717, 1.165) is 16.7 Å². The summed E-state index contributed by atoms with van der Waals surface area (Å²) < 4.78 is 10.6. The second-order valence-electron chi connectivity index (χ2n) is 5.75. The van der Waals surface area contributed by atoms with Gasteiger partial charge in [-0.3, -0.25) is 0 Å². The van der Waals surface area contributed by atoms with Crippen LogP contribution in [0.5, 0.6) is 5.75 Å². The van der Waals surface area contributed by atoms with E-state index in [0.29, 0.717) is 28.5 Å². The molecular weight excluding hydrogens is 362 g/mol. The van der Waals surface area contributed by atoms with E-state index in [4.69, 9.17) is 9.15 Å². The average Bonchev–Trinajstić information content (AvgIpc) is 3.16. The van der Waals surface area contributed by atoms with Crippen LogP contribution in [0.3, 0.4) is 0 Å². The monoisotopic (exact) mass is 377 g/mol.